The second-order valence-electron chi connectivity index (χ2n) is 4.76. The molecule has 2 heterocycles. The zero-order valence-electron chi connectivity index (χ0n) is 11.3. The van der Waals surface area contributed by atoms with Gasteiger partial charge < -0.3 is 4.57 Å². The summed E-state index contributed by atoms with van der Waals surface area (Å²) in [5.74, 6) is 0.785. The van der Waals surface area contributed by atoms with Gasteiger partial charge in [0.2, 0.25) is 0 Å². The minimum Gasteiger partial charge on any atom is -0.317 e. The molecular weight excluding hydrogens is 349 g/mol. The zero-order valence-corrected chi connectivity index (χ0v) is 14.4. The topological polar surface area (TPSA) is 30.7 Å². The summed E-state index contributed by atoms with van der Waals surface area (Å²) in [6, 6.07) is 3.63. The molecular formula is C14H12Cl3N3S. The van der Waals surface area contributed by atoms with E-state index in [0.29, 0.717) is 10.0 Å². The Kier molecular flexibility index (Phi) is 4.14. The quantitative estimate of drug-likeness (QED) is 0.560. The predicted molar refractivity (Wildman–Crippen MR) is 89.9 cm³/mol. The number of fused-ring (bicyclic) bond motifs is 1. The fraction of sp³-hybridized carbons (Fsp3) is 0.286. The van der Waals surface area contributed by atoms with Crippen LogP contribution in [0.1, 0.15) is 36.1 Å². The first-order chi connectivity index (χ1) is 9.99. The van der Waals surface area contributed by atoms with Crippen molar-refractivity contribution in [3.05, 3.63) is 44.6 Å². The van der Waals surface area contributed by atoms with Crippen molar-refractivity contribution in [2.45, 2.75) is 25.3 Å². The Bertz CT molecular complexity index is 780. The van der Waals surface area contributed by atoms with E-state index in [1.807, 2.05) is 18.4 Å². The van der Waals surface area contributed by atoms with Gasteiger partial charge in [0.15, 0.2) is 0 Å². The minimum absolute atomic E-state index is 0.0310. The Hall–Kier alpha value is -0.810. The number of halogens is 3. The Morgan fingerprint density at radius 3 is 2.52 bits per heavy atom. The second kappa shape index (κ2) is 5.76. The molecule has 0 saturated heterocycles. The van der Waals surface area contributed by atoms with Crippen LogP contribution >= 0.6 is 46.1 Å². The number of alkyl halides is 1. The minimum atomic E-state index is -0.225. The van der Waals surface area contributed by atoms with Crippen molar-refractivity contribution in [1.29, 1.82) is 0 Å². The number of nitrogens with zero attached hydrogens (tertiary/aromatic N) is 3. The van der Waals surface area contributed by atoms with E-state index < -0.39 is 0 Å². The molecule has 0 radical (unpaired) electrons. The van der Waals surface area contributed by atoms with E-state index in [1.165, 1.54) is 0 Å². The number of benzene rings is 1. The lowest BCUT2D eigenvalue weighted by atomic mass is 10.2. The monoisotopic (exact) mass is 359 g/mol. The molecule has 0 aliphatic carbocycles. The summed E-state index contributed by atoms with van der Waals surface area (Å²) in [6.07, 6.45) is 1.79. The van der Waals surface area contributed by atoms with E-state index >= 15 is 0 Å². The van der Waals surface area contributed by atoms with Crippen LogP contribution in [-0.2, 0) is 0 Å². The summed E-state index contributed by atoms with van der Waals surface area (Å²) in [5.41, 5.74) is 1.70. The van der Waals surface area contributed by atoms with Crippen LogP contribution in [0.2, 0.25) is 10.0 Å². The smallest absolute Gasteiger partial charge is 0.128 e. The first-order valence-corrected chi connectivity index (χ1v) is 8.46. The van der Waals surface area contributed by atoms with Gasteiger partial charge in [0.25, 0.3) is 0 Å². The lowest BCUT2D eigenvalue weighted by Gasteiger charge is -2.16. The van der Waals surface area contributed by atoms with Crippen molar-refractivity contribution in [2.75, 3.05) is 0 Å². The zero-order chi connectivity index (χ0) is 15.1. The van der Waals surface area contributed by atoms with Gasteiger partial charge in [0.05, 0.1) is 32.5 Å². The molecule has 21 heavy (non-hydrogen) atoms. The molecule has 2 atom stereocenters. The summed E-state index contributed by atoms with van der Waals surface area (Å²) in [7, 11) is 0. The highest BCUT2D eigenvalue weighted by Gasteiger charge is 2.22. The molecule has 0 aliphatic rings. The fourth-order valence-corrected chi connectivity index (χ4v) is 3.50. The Labute approximate surface area is 141 Å². The average Bonchev–Trinajstić information content (AvgIpc) is 3.06. The molecule has 0 bridgehead atoms. The number of thiazole rings is 1. The van der Waals surface area contributed by atoms with Crippen molar-refractivity contribution in [3.8, 4) is 0 Å². The van der Waals surface area contributed by atoms with Gasteiger partial charge in [-0.3, -0.25) is 0 Å². The molecule has 0 fully saturated rings. The number of hydrogen-bond donors (Lipinski definition) is 0. The molecule has 3 nitrogen and oxygen atoms in total. The van der Waals surface area contributed by atoms with Gasteiger partial charge in [-0.05, 0) is 26.0 Å². The number of aromatic nitrogens is 3. The van der Waals surface area contributed by atoms with Crippen LogP contribution < -0.4 is 0 Å². The molecule has 110 valence electrons. The average molecular weight is 361 g/mol. The van der Waals surface area contributed by atoms with Gasteiger partial charge in [-0.1, -0.05) is 23.2 Å². The molecule has 0 aliphatic heterocycles. The third kappa shape index (κ3) is 2.66. The van der Waals surface area contributed by atoms with Crippen molar-refractivity contribution in [1.82, 2.24) is 14.5 Å². The highest BCUT2D eigenvalue weighted by Crippen LogP contribution is 2.35. The molecule has 3 rings (SSSR count). The molecule has 2 unspecified atom stereocenters. The lowest BCUT2D eigenvalue weighted by molar-refractivity contribution is 0.615. The van der Waals surface area contributed by atoms with Crippen LogP contribution in [0.4, 0.5) is 0 Å². The van der Waals surface area contributed by atoms with Crippen LogP contribution in [0.15, 0.2) is 23.7 Å². The lowest BCUT2D eigenvalue weighted by Crippen LogP contribution is -2.11. The molecule has 0 spiro atoms. The van der Waals surface area contributed by atoms with Crippen LogP contribution in [-0.4, -0.2) is 14.5 Å². The SMILES string of the molecule is CC(Cl)c1nc2cc(Cl)c(Cl)cc2n1C(C)c1nccs1. The van der Waals surface area contributed by atoms with Crippen LogP contribution in [0, 0.1) is 0 Å². The summed E-state index contributed by atoms with van der Waals surface area (Å²) >= 11 is 20.1. The molecule has 0 saturated carbocycles. The van der Waals surface area contributed by atoms with Gasteiger partial charge in [0.1, 0.15) is 10.8 Å². The third-order valence-electron chi connectivity index (χ3n) is 3.31. The Morgan fingerprint density at radius 1 is 1.19 bits per heavy atom. The van der Waals surface area contributed by atoms with Gasteiger partial charge in [-0.15, -0.1) is 22.9 Å². The summed E-state index contributed by atoms with van der Waals surface area (Å²) in [4.78, 5) is 9.00. The van der Waals surface area contributed by atoms with E-state index in [0.717, 1.165) is 21.9 Å². The highest BCUT2D eigenvalue weighted by molar-refractivity contribution is 7.09. The van der Waals surface area contributed by atoms with Gasteiger partial charge in [0, 0.05) is 11.6 Å². The van der Waals surface area contributed by atoms with Crippen molar-refractivity contribution in [3.63, 3.8) is 0 Å². The number of hydrogen-bond acceptors (Lipinski definition) is 3. The van der Waals surface area contributed by atoms with Crippen LogP contribution in [0.3, 0.4) is 0 Å². The molecule has 7 heteroatoms. The van der Waals surface area contributed by atoms with Crippen molar-refractivity contribution in [2.24, 2.45) is 0 Å². The standard InChI is InChI=1S/C14H12Cl3N3S/c1-7(15)13-19-11-5-9(16)10(17)6-12(11)20(13)8(2)14-18-3-4-21-14/h3-8H,1-2H3. The Balaban J connectivity index is 2.27. The van der Waals surface area contributed by atoms with Gasteiger partial charge in [-0.2, -0.15) is 0 Å². The van der Waals surface area contributed by atoms with E-state index in [4.69, 9.17) is 34.8 Å². The first-order valence-electron chi connectivity index (χ1n) is 6.39. The summed E-state index contributed by atoms with van der Waals surface area (Å²) in [6.45, 7) is 3.97. The van der Waals surface area contributed by atoms with Gasteiger partial charge >= 0.3 is 0 Å². The maximum absolute atomic E-state index is 6.30. The van der Waals surface area contributed by atoms with E-state index in [-0.39, 0.29) is 11.4 Å². The first kappa shape index (κ1) is 15.1. The maximum atomic E-state index is 6.30. The van der Waals surface area contributed by atoms with E-state index in [2.05, 4.69) is 21.5 Å². The summed E-state index contributed by atoms with van der Waals surface area (Å²) < 4.78 is 2.08. The number of rotatable bonds is 3. The third-order valence-corrected chi connectivity index (χ3v) is 5.17. The predicted octanol–water partition coefficient (Wildman–Crippen LogP) is 5.71. The molecule has 2 aromatic heterocycles. The second-order valence-corrected chi connectivity index (χ2v) is 7.15. The molecule has 0 N–H and O–H groups in total. The Morgan fingerprint density at radius 2 is 1.90 bits per heavy atom. The molecule has 3 aromatic rings. The van der Waals surface area contributed by atoms with Crippen molar-refractivity contribution < 1.29 is 0 Å². The van der Waals surface area contributed by atoms with Gasteiger partial charge in [-0.25, -0.2) is 9.97 Å². The van der Waals surface area contributed by atoms with Crippen LogP contribution in [0.25, 0.3) is 11.0 Å². The van der Waals surface area contributed by atoms with E-state index in [9.17, 15) is 0 Å². The van der Waals surface area contributed by atoms with Crippen LogP contribution in [0.5, 0.6) is 0 Å². The maximum Gasteiger partial charge on any atom is 0.128 e. The summed E-state index contributed by atoms with van der Waals surface area (Å²) in [5, 5.41) is 3.73. The molecule has 0 amide bonds. The molecule has 1 aromatic carbocycles. The fourth-order valence-electron chi connectivity index (χ4n) is 2.35. The largest absolute Gasteiger partial charge is 0.317 e. The number of imidazole rings is 1. The van der Waals surface area contributed by atoms with E-state index in [1.54, 1.807) is 23.6 Å². The van der Waals surface area contributed by atoms with Crippen molar-refractivity contribution >= 4 is 57.2 Å². The normalized spacial score (nSPS) is 14.5. The highest BCUT2D eigenvalue weighted by atomic mass is 35.5.